The van der Waals surface area contributed by atoms with Crippen LogP contribution in [0, 0.1) is 11.8 Å². The van der Waals surface area contributed by atoms with Gasteiger partial charge in [-0.15, -0.1) is 11.6 Å². The highest BCUT2D eigenvalue weighted by Crippen LogP contribution is 2.03. The molecule has 0 aromatic carbocycles. The van der Waals surface area contributed by atoms with Crippen LogP contribution in [0.1, 0.15) is 13.3 Å². The maximum Gasteiger partial charge on any atom is 0.324 e. The zero-order chi connectivity index (χ0) is 8.91. The number of hydrogen-bond acceptors (Lipinski definition) is 2. The van der Waals surface area contributed by atoms with E-state index in [2.05, 4.69) is 11.8 Å². The van der Waals surface area contributed by atoms with Crippen molar-refractivity contribution >= 4 is 17.6 Å². The highest BCUT2D eigenvalue weighted by molar-refractivity contribution is 6.19. The van der Waals surface area contributed by atoms with Crippen molar-refractivity contribution in [2.24, 2.45) is 5.73 Å². The zero-order valence-electron chi connectivity index (χ0n) is 6.22. The Bertz CT molecular complexity index is 202. The molecule has 0 rings (SSSR count). The summed E-state index contributed by atoms with van der Waals surface area (Å²) in [7, 11) is 0. The molecule has 0 heterocycles. The number of halogens is 1. The van der Waals surface area contributed by atoms with Crippen LogP contribution in [-0.4, -0.2) is 22.5 Å². The molecule has 0 fully saturated rings. The number of alkyl halides is 1. The predicted octanol–water partition coefficient (Wildman–Crippen LogP) is 0.421. The minimum Gasteiger partial charge on any atom is -0.480 e. The Labute approximate surface area is 70.5 Å². The highest BCUT2D eigenvalue weighted by atomic mass is 35.5. The standard InChI is InChI=1S/C7H10ClNO2/c1-7(9,6(10)11)4-2-3-5-8/h4-5,9H2,1H3,(H,10,11)/t7-/m0/s1. The molecule has 0 aromatic heterocycles. The van der Waals surface area contributed by atoms with E-state index in [-0.39, 0.29) is 12.3 Å². The molecule has 0 aliphatic carbocycles. The van der Waals surface area contributed by atoms with Gasteiger partial charge in [-0.2, -0.15) is 0 Å². The second-order valence-electron chi connectivity index (χ2n) is 2.39. The molecule has 0 saturated heterocycles. The molecule has 0 saturated carbocycles. The van der Waals surface area contributed by atoms with Crippen molar-refractivity contribution in [1.82, 2.24) is 0 Å². The van der Waals surface area contributed by atoms with Gasteiger partial charge in [0, 0.05) is 6.42 Å². The number of carboxylic acid groups (broad SMARTS) is 1. The van der Waals surface area contributed by atoms with Crippen LogP contribution >= 0.6 is 11.6 Å². The van der Waals surface area contributed by atoms with E-state index in [1.807, 2.05) is 0 Å². The van der Waals surface area contributed by atoms with E-state index in [0.717, 1.165) is 0 Å². The Hall–Kier alpha value is -0.720. The summed E-state index contributed by atoms with van der Waals surface area (Å²) in [5.41, 5.74) is 4.09. The molecule has 0 spiro atoms. The normalized spacial score (nSPS) is 14.5. The van der Waals surface area contributed by atoms with Crippen molar-refractivity contribution in [1.29, 1.82) is 0 Å². The maximum atomic E-state index is 10.4. The molecular weight excluding hydrogens is 166 g/mol. The van der Waals surface area contributed by atoms with Gasteiger partial charge >= 0.3 is 5.97 Å². The minimum atomic E-state index is -1.26. The average molecular weight is 176 g/mol. The minimum absolute atomic E-state index is 0.120. The Morgan fingerprint density at radius 3 is 2.64 bits per heavy atom. The van der Waals surface area contributed by atoms with Gasteiger partial charge in [-0.25, -0.2) is 0 Å². The fourth-order valence-corrected chi connectivity index (χ4v) is 0.463. The van der Waals surface area contributed by atoms with Crippen LogP contribution in [0.4, 0.5) is 0 Å². The molecule has 11 heavy (non-hydrogen) atoms. The van der Waals surface area contributed by atoms with Crippen LogP contribution in [0.15, 0.2) is 0 Å². The van der Waals surface area contributed by atoms with E-state index in [1.54, 1.807) is 0 Å². The monoisotopic (exact) mass is 175 g/mol. The van der Waals surface area contributed by atoms with E-state index in [0.29, 0.717) is 0 Å². The van der Waals surface area contributed by atoms with Gasteiger partial charge in [-0.1, -0.05) is 11.8 Å². The molecule has 0 amide bonds. The van der Waals surface area contributed by atoms with E-state index in [4.69, 9.17) is 22.4 Å². The molecule has 0 unspecified atom stereocenters. The summed E-state index contributed by atoms with van der Waals surface area (Å²) in [5, 5.41) is 8.51. The molecular formula is C7H10ClNO2. The molecule has 0 bridgehead atoms. The largest absolute Gasteiger partial charge is 0.480 e. The quantitative estimate of drug-likeness (QED) is 0.472. The first kappa shape index (κ1) is 10.3. The lowest BCUT2D eigenvalue weighted by molar-refractivity contribution is -0.142. The highest BCUT2D eigenvalue weighted by Gasteiger charge is 2.26. The molecule has 0 aliphatic rings. The van der Waals surface area contributed by atoms with Gasteiger partial charge in [0.15, 0.2) is 0 Å². The van der Waals surface area contributed by atoms with E-state index >= 15 is 0 Å². The molecule has 1 atom stereocenters. The summed E-state index contributed by atoms with van der Waals surface area (Å²) in [6.45, 7) is 1.41. The molecule has 0 radical (unpaired) electrons. The summed E-state index contributed by atoms with van der Waals surface area (Å²) in [5.74, 6) is 4.25. The Kier molecular flexibility index (Phi) is 3.94. The van der Waals surface area contributed by atoms with Crippen molar-refractivity contribution in [3.63, 3.8) is 0 Å². The number of rotatable bonds is 2. The molecule has 3 nitrogen and oxygen atoms in total. The maximum absolute atomic E-state index is 10.4. The van der Waals surface area contributed by atoms with E-state index in [1.165, 1.54) is 6.92 Å². The second-order valence-corrected chi connectivity index (χ2v) is 2.65. The van der Waals surface area contributed by atoms with E-state index in [9.17, 15) is 4.79 Å². The van der Waals surface area contributed by atoms with Crippen LogP contribution in [0.2, 0.25) is 0 Å². The fraction of sp³-hybridized carbons (Fsp3) is 0.571. The van der Waals surface area contributed by atoms with Crippen LogP contribution < -0.4 is 5.73 Å². The lowest BCUT2D eigenvalue weighted by atomic mass is 10.0. The fourth-order valence-electron chi connectivity index (χ4n) is 0.369. The van der Waals surface area contributed by atoms with Gasteiger partial charge in [0.25, 0.3) is 0 Å². The van der Waals surface area contributed by atoms with Crippen LogP contribution in [0.25, 0.3) is 0 Å². The average Bonchev–Trinajstić information content (AvgIpc) is 1.88. The summed E-state index contributed by atoms with van der Waals surface area (Å²) >= 11 is 5.25. The van der Waals surface area contributed by atoms with Gasteiger partial charge in [-0.05, 0) is 6.92 Å². The van der Waals surface area contributed by atoms with Crippen LogP contribution in [0.3, 0.4) is 0 Å². The van der Waals surface area contributed by atoms with Crippen LogP contribution in [-0.2, 0) is 4.79 Å². The lowest BCUT2D eigenvalue weighted by Crippen LogP contribution is -2.44. The summed E-state index contributed by atoms with van der Waals surface area (Å²) in [4.78, 5) is 10.4. The smallest absolute Gasteiger partial charge is 0.324 e. The first-order valence-corrected chi connectivity index (χ1v) is 3.58. The van der Waals surface area contributed by atoms with Gasteiger partial charge in [0.05, 0.1) is 5.88 Å². The first-order valence-electron chi connectivity index (χ1n) is 3.04. The number of nitrogens with two attached hydrogens (primary N) is 1. The number of hydrogen-bond donors (Lipinski definition) is 2. The van der Waals surface area contributed by atoms with Crippen molar-refractivity contribution in [2.75, 3.05) is 5.88 Å². The predicted molar refractivity (Wildman–Crippen MR) is 43.3 cm³/mol. The van der Waals surface area contributed by atoms with Crippen molar-refractivity contribution < 1.29 is 9.90 Å². The lowest BCUT2D eigenvalue weighted by Gasteiger charge is -2.14. The van der Waals surface area contributed by atoms with Gasteiger partial charge < -0.3 is 10.8 Å². The number of carboxylic acids is 1. The van der Waals surface area contributed by atoms with Crippen molar-refractivity contribution in [3.05, 3.63) is 0 Å². The molecule has 3 N–H and O–H groups in total. The number of carbonyl (C=O) groups is 1. The Balaban J connectivity index is 4.02. The Morgan fingerprint density at radius 2 is 2.27 bits per heavy atom. The third kappa shape index (κ3) is 3.87. The van der Waals surface area contributed by atoms with Crippen LogP contribution in [0.5, 0.6) is 0 Å². The first-order chi connectivity index (χ1) is 5.00. The SMILES string of the molecule is C[C@](N)(CC#CCCl)C(=O)O. The summed E-state index contributed by atoms with van der Waals surface area (Å²) < 4.78 is 0. The topological polar surface area (TPSA) is 63.3 Å². The van der Waals surface area contributed by atoms with Gasteiger partial charge in [-0.3, -0.25) is 4.79 Å². The molecule has 0 aliphatic heterocycles. The van der Waals surface area contributed by atoms with Crippen molar-refractivity contribution in [2.45, 2.75) is 18.9 Å². The molecule has 0 aromatic rings. The van der Waals surface area contributed by atoms with E-state index < -0.39 is 11.5 Å². The van der Waals surface area contributed by atoms with Gasteiger partial charge in [0.2, 0.25) is 0 Å². The number of aliphatic carboxylic acids is 1. The van der Waals surface area contributed by atoms with Gasteiger partial charge in [0.1, 0.15) is 5.54 Å². The second kappa shape index (κ2) is 4.22. The molecule has 4 heteroatoms. The summed E-state index contributed by atoms with van der Waals surface area (Å²) in [6.07, 6.45) is 0.120. The third-order valence-electron chi connectivity index (χ3n) is 1.14. The Morgan fingerprint density at radius 1 is 1.73 bits per heavy atom. The van der Waals surface area contributed by atoms with Crippen molar-refractivity contribution in [3.8, 4) is 11.8 Å². The third-order valence-corrected chi connectivity index (χ3v) is 1.27. The summed E-state index contributed by atoms with van der Waals surface area (Å²) in [6, 6.07) is 0. The molecule has 62 valence electrons. The zero-order valence-corrected chi connectivity index (χ0v) is 6.98.